The molecule has 0 bridgehead atoms. The number of hydroxylamine groups is 1. The van der Waals surface area contributed by atoms with Gasteiger partial charge in [-0.15, -0.1) is 0 Å². The van der Waals surface area contributed by atoms with E-state index in [0.29, 0.717) is 22.9 Å². The molecule has 0 aromatic heterocycles. The van der Waals surface area contributed by atoms with Crippen LogP contribution < -0.4 is 5.06 Å². The number of halogens is 1. The van der Waals surface area contributed by atoms with Crippen molar-refractivity contribution >= 4 is 23.1 Å². The van der Waals surface area contributed by atoms with Crippen molar-refractivity contribution in [2.24, 2.45) is 0 Å². The summed E-state index contributed by atoms with van der Waals surface area (Å²) >= 11 is 5.79. The van der Waals surface area contributed by atoms with Crippen LogP contribution in [0.5, 0.6) is 0 Å². The summed E-state index contributed by atoms with van der Waals surface area (Å²) in [4.78, 5) is 11.5. The van der Waals surface area contributed by atoms with E-state index in [0.717, 1.165) is 5.06 Å². The molecule has 0 saturated heterocycles. The Kier molecular flexibility index (Phi) is 4.61. The molecule has 1 aromatic rings. The zero-order valence-electron chi connectivity index (χ0n) is 10.9. The predicted octanol–water partition coefficient (Wildman–Crippen LogP) is 3.48. The van der Waals surface area contributed by atoms with E-state index in [-0.39, 0.29) is 11.5 Å². The first kappa shape index (κ1) is 14.4. The fourth-order valence-electron chi connectivity index (χ4n) is 1.68. The largest absolute Gasteiger partial charge is 0.490 e. The van der Waals surface area contributed by atoms with Gasteiger partial charge in [-0.25, -0.2) is 5.06 Å². The van der Waals surface area contributed by atoms with E-state index in [9.17, 15) is 10.0 Å². The summed E-state index contributed by atoms with van der Waals surface area (Å²) in [5, 5.41) is 11.5. The zero-order valence-corrected chi connectivity index (χ0v) is 11.7. The second-order valence-corrected chi connectivity index (χ2v) is 4.53. The number of allylic oxidation sites excluding steroid dienone is 4. The molecule has 0 spiro atoms. The number of benzene rings is 1. The van der Waals surface area contributed by atoms with Gasteiger partial charge in [0.05, 0.1) is 12.3 Å². The van der Waals surface area contributed by atoms with Gasteiger partial charge in [0.15, 0.2) is 5.76 Å². The smallest absolute Gasteiger partial charge is 0.220 e. The van der Waals surface area contributed by atoms with Crippen LogP contribution in [0.3, 0.4) is 0 Å². The zero-order chi connectivity index (χ0) is 14.5. The average molecular weight is 292 g/mol. The quantitative estimate of drug-likeness (QED) is 0.863. The third kappa shape index (κ3) is 3.50. The van der Waals surface area contributed by atoms with Crippen molar-refractivity contribution in [1.29, 1.82) is 0 Å². The van der Waals surface area contributed by atoms with Crippen LogP contribution in [0, 0.1) is 0 Å². The van der Waals surface area contributed by atoms with Gasteiger partial charge in [-0.05, 0) is 55.0 Å². The molecule has 0 aliphatic heterocycles. The lowest BCUT2D eigenvalue weighted by atomic mass is 10.1. The van der Waals surface area contributed by atoms with Gasteiger partial charge in [0.2, 0.25) is 5.78 Å². The first-order chi connectivity index (χ1) is 9.60. The van der Waals surface area contributed by atoms with Crippen molar-refractivity contribution in [2.45, 2.75) is 6.92 Å². The Morgan fingerprint density at radius 2 is 2.00 bits per heavy atom. The number of carbonyl (C=O) groups is 1. The summed E-state index contributed by atoms with van der Waals surface area (Å²) in [6, 6.07) is 6.73. The summed E-state index contributed by atoms with van der Waals surface area (Å²) in [5.41, 5.74) is 1.23. The molecule has 5 heteroatoms. The lowest BCUT2D eigenvalue weighted by Crippen LogP contribution is -2.12. The van der Waals surface area contributed by atoms with Crippen molar-refractivity contribution < 1.29 is 14.7 Å². The molecule has 0 fully saturated rings. The number of rotatable bonds is 4. The highest BCUT2D eigenvalue weighted by molar-refractivity contribution is 6.30. The van der Waals surface area contributed by atoms with Crippen LogP contribution in [0.2, 0.25) is 5.02 Å². The molecular weight excluding hydrogens is 278 g/mol. The third-order valence-corrected chi connectivity index (χ3v) is 2.88. The van der Waals surface area contributed by atoms with Crippen molar-refractivity contribution in [3.05, 3.63) is 65.0 Å². The molecule has 104 valence electrons. The van der Waals surface area contributed by atoms with Crippen LogP contribution in [-0.2, 0) is 9.53 Å². The molecule has 0 amide bonds. The average Bonchev–Trinajstić information content (AvgIpc) is 2.43. The number of nitrogens with zero attached hydrogens (tertiary/aromatic N) is 1. The van der Waals surface area contributed by atoms with Crippen LogP contribution in [-0.4, -0.2) is 17.6 Å². The Morgan fingerprint density at radius 1 is 1.30 bits per heavy atom. The van der Waals surface area contributed by atoms with Gasteiger partial charge < -0.3 is 4.74 Å². The highest BCUT2D eigenvalue weighted by Gasteiger charge is 2.13. The lowest BCUT2D eigenvalue weighted by Gasteiger charge is -2.15. The fraction of sp³-hybridized carbons (Fsp3) is 0.133. The Labute approximate surface area is 122 Å². The highest BCUT2D eigenvalue weighted by atomic mass is 35.5. The molecule has 1 aliphatic rings. The maximum absolute atomic E-state index is 11.5. The molecule has 1 aromatic carbocycles. The van der Waals surface area contributed by atoms with Crippen LogP contribution in [0.15, 0.2) is 60.0 Å². The Hall–Kier alpha value is -2.04. The van der Waals surface area contributed by atoms with Gasteiger partial charge in [0, 0.05) is 11.2 Å². The van der Waals surface area contributed by atoms with E-state index in [1.807, 2.05) is 6.92 Å². The molecule has 0 atom stereocenters. The first-order valence-electron chi connectivity index (χ1n) is 6.12. The van der Waals surface area contributed by atoms with E-state index < -0.39 is 0 Å². The van der Waals surface area contributed by atoms with Crippen molar-refractivity contribution in [1.82, 2.24) is 0 Å². The van der Waals surface area contributed by atoms with E-state index in [2.05, 4.69) is 0 Å². The van der Waals surface area contributed by atoms with Gasteiger partial charge in [-0.3, -0.25) is 10.0 Å². The Balaban J connectivity index is 2.19. The Morgan fingerprint density at radius 3 is 2.65 bits per heavy atom. The molecule has 0 saturated carbocycles. The van der Waals surface area contributed by atoms with E-state index in [1.165, 1.54) is 12.3 Å². The second kappa shape index (κ2) is 6.41. The minimum absolute atomic E-state index is 0.181. The molecular formula is C15H14ClNO3. The number of ether oxygens (including phenoxy) is 1. The molecule has 4 nitrogen and oxygen atoms in total. The van der Waals surface area contributed by atoms with E-state index >= 15 is 0 Å². The van der Waals surface area contributed by atoms with Gasteiger partial charge in [0.1, 0.15) is 0 Å². The van der Waals surface area contributed by atoms with E-state index in [1.54, 1.807) is 36.4 Å². The number of carbonyl (C=O) groups excluding carboxylic acids is 1. The predicted molar refractivity (Wildman–Crippen MR) is 77.7 cm³/mol. The molecule has 0 radical (unpaired) electrons. The fourth-order valence-corrected chi connectivity index (χ4v) is 1.81. The molecule has 1 aliphatic carbocycles. The summed E-state index contributed by atoms with van der Waals surface area (Å²) in [7, 11) is 0. The van der Waals surface area contributed by atoms with Crippen molar-refractivity contribution in [2.75, 3.05) is 11.7 Å². The monoisotopic (exact) mass is 291 g/mol. The van der Waals surface area contributed by atoms with Gasteiger partial charge in [-0.2, -0.15) is 0 Å². The van der Waals surface area contributed by atoms with Gasteiger partial charge >= 0.3 is 0 Å². The van der Waals surface area contributed by atoms with E-state index in [4.69, 9.17) is 16.3 Å². The topological polar surface area (TPSA) is 49.8 Å². The van der Waals surface area contributed by atoms with Gasteiger partial charge in [0.25, 0.3) is 0 Å². The lowest BCUT2D eigenvalue weighted by molar-refractivity contribution is -0.114. The first-order valence-corrected chi connectivity index (χ1v) is 6.50. The van der Waals surface area contributed by atoms with Crippen molar-refractivity contribution in [3.63, 3.8) is 0 Å². The number of hydrogen-bond acceptors (Lipinski definition) is 4. The molecule has 2 rings (SSSR count). The maximum Gasteiger partial charge on any atom is 0.220 e. The number of ketones is 1. The number of hydrogen-bond donors (Lipinski definition) is 1. The summed E-state index contributed by atoms with van der Waals surface area (Å²) in [5.74, 6) is 0.0886. The van der Waals surface area contributed by atoms with Crippen molar-refractivity contribution in [3.8, 4) is 0 Å². The SMILES string of the molecule is CCOC1=C/C(=C/N(O)c2ccc(Cl)cc2)C=CC1=O. The van der Waals surface area contributed by atoms with Gasteiger partial charge in [-0.1, -0.05) is 11.6 Å². The normalized spacial score (nSPS) is 16.2. The maximum atomic E-state index is 11.5. The van der Waals surface area contributed by atoms with Crippen LogP contribution in [0.25, 0.3) is 0 Å². The Bertz CT molecular complexity index is 588. The molecule has 20 heavy (non-hydrogen) atoms. The second-order valence-electron chi connectivity index (χ2n) is 4.09. The van der Waals surface area contributed by atoms with Crippen LogP contribution >= 0.6 is 11.6 Å². The molecule has 0 heterocycles. The highest BCUT2D eigenvalue weighted by Crippen LogP contribution is 2.20. The summed E-state index contributed by atoms with van der Waals surface area (Å²) in [6.45, 7) is 2.22. The van der Waals surface area contributed by atoms with Crippen LogP contribution in [0.4, 0.5) is 5.69 Å². The number of anilines is 1. The third-order valence-electron chi connectivity index (χ3n) is 2.63. The molecule has 1 N–H and O–H groups in total. The summed E-state index contributed by atoms with van der Waals surface area (Å²) in [6.07, 6.45) is 6.10. The summed E-state index contributed by atoms with van der Waals surface area (Å²) < 4.78 is 5.23. The molecule has 0 unspecified atom stereocenters. The minimum atomic E-state index is -0.181. The van der Waals surface area contributed by atoms with Crippen LogP contribution in [0.1, 0.15) is 6.92 Å². The standard InChI is InChI=1S/C15H14ClNO3/c1-2-20-15-9-11(3-8-14(15)18)10-17(19)13-6-4-12(16)5-7-13/h3-10,19H,2H2,1H3/b11-10+. The minimum Gasteiger partial charge on any atom is -0.490 e.